The predicted octanol–water partition coefficient (Wildman–Crippen LogP) is 4.90. The highest BCUT2D eigenvalue weighted by molar-refractivity contribution is 6.41. The number of halogens is 3. The smallest absolute Gasteiger partial charge is 0.224 e. The third kappa shape index (κ3) is 3.85. The molecule has 1 saturated heterocycles. The van der Waals surface area contributed by atoms with Crippen LogP contribution in [0.15, 0.2) is 18.3 Å². The van der Waals surface area contributed by atoms with Crippen molar-refractivity contribution >= 4 is 63.6 Å². The second-order valence-corrected chi connectivity index (χ2v) is 8.11. The van der Waals surface area contributed by atoms with Crippen molar-refractivity contribution in [2.75, 3.05) is 23.8 Å². The van der Waals surface area contributed by atoms with Crippen LogP contribution >= 0.6 is 34.8 Å². The van der Waals surface area contributed by atoms with E-state index < -0.39 is 0 Å². The normalized spacial score (nSPS) is 19.8. The molecule has 0 radical (unpaired) electrons. The molecule has 10 heteroatoms. The number of aryl methyl sites for hydroxylation is 1. The molecule has 2 aromatic heterocycles. The molecule has 2 atom stereocenters. The molecule has 0 spiro atoms. The molecule has 3 aromatic rings. The van der Waals surface area contributed by atoms with Crippen LogP contribution in [0.2, 0.25) is 15.1 Å². The molecule has 148 valence electrons. The molecular formula is C18H19Cl3N6O. The van der Waals surface area contributed by atoms with Crippen LogP contribution in [0.3, 0.4) is 0 Å². The van der Waals surface area contributed by atoms with Crippen LogP contribution in [0.25, 0.3) is 11.2 Å². The summed E-state index contributed by atoms with van der Waals surface area (Å²) in [7, 11) is 1.86. The Morgan fingerprint density at radius 1 is 1.18 bits per heavy atom. The van der Waals surface area contributed by atoms with E-state index >= 15 is 0 Å². The molecule has 3 heterocycles. The SMILES string of the molecule is C[C@H]1COCC[C@@H]1Nc1ncc2nc(Nc3c(Cl)cc(Cl)cc3Cl)n(C)c2n1. The molecule has 0 aliphatic carbocycles. The van der Waals surface area contributed by atoms with E-state index in [1.165, 1.54) is 0 Å². The highest BCUT2D eigenvalue weighted by atomic mass is 35.5. The van der Waals surface area contributed by atoms with Crippen molar-refractivity contribution in [1.82, 2.24) is 19.5 Å². The minimum atomic E-state index is 0.281. The number of ether oxygens (including phenoxy) is 1. The Morgan fingerprint density at radius 2 is 1.93 bits per heavy atom. The first kappa shape index (κ1) is 19.5. The second kappa shape index (κ2) is 7.91. The van der Waals surface area contributed by atoms with Gasteiger partial charge in [0.1, 0.15) is 5.52 Å². The zero-order chi connectivity index (χ0) is 19.8. The number of imidazole rings is 1. The number of aromatic nitrogens is 4. The van der Waals surface area contributed by atoms with Crippen molar-refractivity contribution in [3.05, 3.63) is 33.4 Å². The van der Waals surface area contributed by atoms with Gasteiger partial charge in [0.25, 0.3) is 0 Å². The number of rotatable bonds is 4. The van der Waals surface area contributed by atoms with E-state index in [0.29, 0.717) is 49.7 Å². The first-order chi connectivity index (χ1) is 13.4. The van der Waals surface area contributed by atoms with E-state index in [-0.39, 0.29) is 6.04 Å². The van der Waals surface area contributed by atoms with Gasteiger partial charge in [-0.1, -0.05) is 41.7 Å². The molecular weight excluding hydrogens is 423 g/mol. The van der Waals surface area contributed by atoms with Gasteiger partial charge < -0.3 is 15.4 Å². The molecule has 0 bridgehead atoms. The Labute approximate surface area is 177 Å². The molecule has 1 aliphatic rings. The van der Waals surface area contributed by atoms with E-state index in [2.05, 4.69) is 32.5 Å². The first-order valence-corrected chi connectivity index (χ1v) is 10.0. The van der Waals surface area contributed by atoms with Gasteiger partial charge in [-0.3, -0.25) is 4.57 Å². The Balaban J connectivity index is 1.62. The molecule has 7 nitrogen and oxygen atoms in total. The fraction of sp³-hybridized carbons (Fsp3) is 0.389. The van der Waals surface area contributed by atoms with Crippen molar-refractivity contribution in [1.29, 1.82) is 0 Å². The summed E-state index contributed by atoms with van der Waals surface area (Å²) in [5.74, 6) is 1.52. The third-order valence-electron chi connectivity index (χ3n) is 4.81. The first-order valence-electron chi connectivity index (χ1n) is 8.87. The monoisotopic (exact) mass is 440 g/mol. The topological polar surface area (TPSA) is 76.9 Å². The van der Waals surface area contributed by atoms with E-state index in [9.17, 15) is 0 Å². The Hall–Kier alpha value is -1.80. The molecule has 0 amide bonds. The maximum atomic E-state index is 6.27. The maximum absolute atomic E-state index is 6.27. The van der Waals surface area contributed by atoms with E-state index in [0.717, 1.165) is 19.6 Å². The summed E-state index contributed by atoms with van der Waals surface area (Å²) in [4.78, 5) is 13.6. The van der Waals surface area contributed by atoms with Crippen LogP contribution in [-0.4, -0.2) is 38.8 Å². The molecule has 2 N–H and O–H groups in total. The van der Waals surface area contributed by atoms with Crippen molar-refractivity contribution < 1.29 is 4.74 Å². The van der Waals surface area contributed by atoms with Gasteiger partial charge in [0, 0.05) is 24.7 Å². The molecule has 4 rings (SSSR count). The van der Waals surface area contributed by atoms with Gasteiger partial charge in [-0.15, -0.1) is 0 Å². The van der Waals surface area contributed by atoms with Crippen molar-refractivity contribution in [3.63, 3.8) is 0 Å². The summed E-state index contributed by atoms with van der Waals surface area (Å²) in [5.41, 5.74) is 1.89. The van der Waals surface area contributed by atoms with Crippen LogP contribution in [-0.2, 0) is 11.8 Å². The predicted molar refractivity (Wildman–Crippen MR) is 113 cm³/mol. The standard InChI is InChI=1S/C18H19Cl3N6O/c1-9-8-28-4-3-13(9)23-17-22-7-14-16(26-17)27(2)18(24-14)25-15-11(20)5-10(19)6-12(15)21/h5-7,9,13H,3-4,8H2,1-2H3,(H,24,25)(H,22,23,26)/t9-,13-/m0/s1. The number of benzene rings is 1. The van der Waals surface area contributed by atoms with Crippen LogP contribution in [0, 0.1) is 5.92 Å². The van der Waals surface area contributed by atoms with Gasteiger partial charge in [-0.05, 0) is 24.5 Å². The summed E-state index contributed by atoms with van der Waals surface area (Å²) < 4.78 is 7.32. The lowest BCUT2D eigenvalue weighted by molar-refractivity contribution is 0.0536. The van der Waals surface area contributed by atoms with Crippen LogP contribution in [0.4, 0.5) is 17.6 Å². The number of fused-ring (bicyclic) bond motifs is 1. The Morgan fingerprint density at radius 3 is 2.64 bits per heavy atom. The number of hydrogen-bond donors (Lipinski definition) is 2. The van der Waals surface area contributed by atoms with Gasteiger partial charge >= 0.3 is 0 Å². The molecule has 0 saturated carbocycles. The quantitative estimate of drug-likeness (QED) is 0.599. The largest absolute Gasteiger partial charge is 0.381 e. The van der Waals surface area contributed by atoms with Crippen molar-refractivity contribution in [3.8, 4) is 0 Å². The lowest BCUT2D eigenvalue weighted by atomic mass is 9.98. The third-order valence-corrected chi connectivity index (χ3v) is 5.63. The number of anilines is 3. The Bertz CT molecular complexity index is 1000. The Kier molecular flexibility index (Phi) is 5.51. The maximum Gasteiger partial charge on any atom is 0.224 e. The highest BCUT2D eigenvalue weighted by Gasteiger charge is 2.23. The lowest BCUT2D eigenvalue weighted by Gasteiger charge is -2.29. The van der Waals surface area contributed by atoms with E-state index in [1.54, 1.807) is 18.3 Å². The second-order valence-electron chi connectivity index (χ2n) is 6.86. The zero-order valence-corrected chi connectivity index (χ0v) is 17.6. The molecule has 1 aliphatic heterocycles. The van der Waals surface area contributed by atoms with Crippen LogP contribution in [0.1, 0.15) is 13.3 Å². The van der Waals surface area contributed by atoms with Crippen LogP contribution < -0.4 is 10.6 Å². The molecule has 1 fully saturated rings. The van der Waals surface area contributed by atoms with Gasteiger partial charge in [0.15, 0.2) is 5.65 Å². The number of hydrogen-bond acceptors (Lipinski definition) is 6. The van der Waals surface area contributed by atoms with E-state index in [4.69, 9.17) is 39.5 Å². The van der Waals surface area contributed by atoms with Gasteiger partial charge in [0.05, 0.1) is 28.5 Å². The average molecular weight is 442 g/mol. The summed E-state index contributed by atoms with van der Waals surface area (Å²) in [6.07, 6.45) is 2.62. The average Bonchev–Trinajstić information content (AvgIpc) is 2.96. The summed E-state index contributed by atoms with van der Waals surface area (Å²) in [5, 5.41) is 7.86. The van der Waals surface area contributed by atoms with Gasteiger partial charge in [-0.25, -0.2) is 9.97 Å². The van der Waals surface area contributed by atoms with Gasteiger partial charge in [0.2, 0.25) is 11.9 Å². The molecule has 1 aromatic carbocycles. The van der Waals surface area contributed by atoms with Crippen molar-refractivity contribution in [2.45, 2.75) is 19.4 Å². The number of nitrogens with one attached hydrogen (secondary N) is 2. The zero-order valence-electron chi connectivity index (χ0n) is 15.3. The van der Waals surface area contributed by atoms with Crippen molar-refractivity contribution in [2.24, 2.45) is 13.0 Å². The number of nitrogens with zero attached hydrogens (tertiary/aromatic N) is 4. The highest BCUT2D eigenvalue weighted by Crippen LogP contribution is 2.35. The van der Waals surface area contributed by atoms with Crippen LogP contribution in [0.5, 0.6) is 0 Å². The fourth-order valence-electron chi connectivity index (χ4n) is 3.20. The molecule has 28 heavy (non-hydrogen) atoms. The molecule has 0 unspecified atom stereocenters. The van der Waals surface area contributed by atoms with Gasteiger partial charge in [-0.2, -0.15) is 4.98 Å². The summed E-state index contributed by atoms with van der Waals surface area (Å²) in [6, 6.07) is 3.52. The minimum Gasteiger partial charge on any atom is -0.381 e. The summed E-state index contributed by atoms with van der Waals surface area (Å²) in [6.45, 7) is 3.63. The summed E-state index contributed by atoms with van der Waals surface area (Å²) >= 11 is 18.5. The fourth-order valence-corrected chi connectivity index (χ4v) is 4.11. The van der Waals surface area contributed by atoms with E-state index in [1.807, 2.05) is 11.6 Å². The lowest BCUT2D eigenvalue weighted by Crippen LogP contribution is -2.36. The minimum absolute atomic E-state index is 0.281.